The number of hydrogen-bond donors (Lipinski definition) is 1. The molecule has 7 nitrogen and oxygen atoms in total. The van der Waals surface area contributed by atoms with Crippen LogP contribution in [0.15, 0.2) is 24.3 Å². The highest BCUT2D eigenvalue weighted by molar-refractivity contribution is 5.93. The highest BCUT2D eigenvalue weighted by Gasteiger charge is 2.36. The third-order valence-electron chi connectivity index (χ3n) is 5.01. The third kappa shape index (κ3) is 5.21. The maximum absolute atomic E-state index is 12.6. The zero-order chi connectivity index (χ0) is 19.4. The first-order chi connectivity index (χ1) is 12.9. The monoisotopic (exact) mass is 373 g/mol. The Morgan fingerprint density at radius 1 is 1.11 bits per heavy atom. The van der Waals surface area contributed by atoms with Crippen molar-refractivity contribution in [3.63, 3.8) is 0 Å². The second-order valence-electron chi connectivity index (χ2n) is 7.49. The van der Waals surface area contributed by atoms with Gasteiger partial charge in [-0.15, -0.1) is 0 Å². The van der Waals surface area contributed by atoms with Crippen LogP contribution >= 0.6 is 0 Å². The summed E-state index contributed by atoms with van der Waals surface area (Å²) in [4.78, 5) is 39.7. The van der Waals surface area contributed by atoms with Gasteiger partial charge in [0.1, 0.15) is 5.75 Å². The zero-order valence-corrected chi connectivity index (χ0v) is 15.9. The Bertz CT molecular complexity index is 698. The van der Waals surface area contributed by atoms with Crippen LogP contribution in [-0.4, -0.2) is 61.3 Å². The van der Waals surface area contributed by atoms with Gasteiger partial charge in [0.15, 0.2) is 6.61 Å². The predicted octanol–water partition coefficient (Wildman–Crippen LogP) is 1.74. The average molecular weight is 373 g/mol. The summed E-state index contributed by atoms with van der Waals surface area (Å²) in [5, 5.41) is 2.92. The number of nitrogens with zero attached hydrogens (tertiary/aromatic N) is 2. The Kier molecular flexibility index (Phi) is 5.98. The Hall–Kier alpha value is -2.57. The number of hydrogen-bond acceptors (Lipinski definition) is 4. The van der Waals surface area contributed by atoms with Gasteiger partial charge in [0.25, 0.3) is 5.91 Å². The lowest BCUT2D eigenvalue weighted by Gasteiger charge is -2.32. The van der Waals surface area contributed by atoms with E-state index < -0.39 is 0 Å². The number of likely N-dealkylation sites (N-methyl/N-ethyl adjacent to an activating group) is 1. The van der Waals surface area contributed by atoms with Gasteiger partial charge in [-0.3, -0.25) is 14.4 Å². The molecule has 1 N–H and O–H groups in total. The van der Waals surface area contributed by atoms with E-state index in [2.05, 4.69) is 5.32 Å². The normalized spacial score (nSPS) is 19.3. The number of piperidine rings is 1. The minimum Gasteiger partial charge on any atom is -0.484 e. The molecule has 3 rings (SSSR count). The molecule has 2 aliphatic rings. The maximum atomic E-state index is 12.6. The molecule has 0 bridgehead atoms. The molecule has 1 saturated heterocycles. The second kappa shape index (κ2) is 8.41. The zero-order valence-electron chi connectivity index (χ0n) is 15.9. The number of likely N-dealkylation sites (tertiary alicyclic amines) is 1. The van der Waals surface area contributed by atoms with Gasteiger partial charge in [-0.2, -0.15) is 0 Å². The van der Waals surface area contributed by atoms with E-state index in [-0.39, 0.29) is 36.2 Å². The SMILES string of the molecule is CN(C)C(=O)COc1ccc(NC(=O)[C@@H]2CCCN(C(=O)C3CC3)C2)cc1. The van der Waals surface area contributed by atoms with E-state index in [1.807, 2.05) is 4.90 Å². The molecule has 7 heteroatoms. The molecule has 1 atom stereocenters. The molecule has 1 aliphatic heterocycles. The van der Waals surface area contributed by atoms with Gasteiger partial charge in [0, 0.05) is 38.8 Å². The number of benzene rings is 1. The van der Waals surface area contributed by atoms with Crippen LogP contribution in [0.25, 0.3) is 0 Å². The molecular weight excluding hydrogens is 346 g/mol. The van der Waals surface area contributed by atoms with E-state index >= 15 is 0 Å². The number of carbonyl (C=O) groups excluding carboxylic acids is 3. The molecule has 0 aromatic heterocycles. The number of ether oxygens (including phenoxy) is 1. The highest BCUT2D eigenvalue weighted by Crippen LogP contribution is 2.32. The largest absolute Gasteiger partial charge is 0.484 e. The van der Waals surface area contributed by atoms with Crippen molar-refractivity contribution < 1.29 is 19.1 Å². The standard InChI is InChI=1S/C20H27N3O4/c1-22(2)18(24)13-27-17-9-7-16(8-10-17)21-19(25)15-4-3-11-23(12-15)20(26)14-5-6-14/h7-10,14-15H,3-6,11-13H2,1-2H3,(H,21,25)/t15-/m1/s1. The van der Waals surface area contributed by atoms with Crippen molar-refractivity contribution in [2.24, 2.45) is 11.8 Å². The number of amides is 3. The van der Waals surface area contributed by atoms with Crippen molar-refractivity contribution in [1.82, 2.24) is 9.80 Å². The topological polar surface area (TPSA) is 79.0 Å². The quantitative estimate of drug-likeness (QED) is 0.824. The van der Waals surface area contributed by atoms with Crippen LogP contribution in [0.2, 0.25) is 0 Å². The smallest absolute Gasteiger partial charge is 0.259 e. The first-order valence-corrected chi connectivity index (χ1v) is 9.46. The fourth-order valence-corrected chi connectivity index (χ4v) is 3.13. The Morgan fingerprint density at radius 2 is 1.81 bits per heavy atom. The summed E-state index contributed by atoms with van der Waals surface area (Å²) >= 11 is 0. The molecule has 0 spiro atoms. The van der Waals surface area contributed by atoms with Gasteiger partial charge < -0.3 is 19.9 Å². The van der Waals surface area contributed by atoms with Gasteiger partial charge in [0.2, 0.25) is 11.8 Å². The first-order valence-electron chi connectivity index (χ1n) is 9.46. The van der Waals surface area contributed by atoms with Crippen LogP contribution in [-0.2, 0) is 14.4 Å². The number of nitrogens with one attached hydrogen (secondary N) is 1. The van der Waals surface area contributed by atoms with Crippen molar-refractivity contribution in [3.8, 4) is 5.75 Å². The Balaban J connectivity index is 1.49. The van der Waals surface area contributed by atoms with Gasteiger partial charge >= 0.3 is 0 Å². The molecule has 1 aromatic rings. The van der Waals surface area contributed by atoms with Crippen molar-refractivity contribution >= 4 is 23.4 Å². The van der Waals surface area contributed by atoms with Crippen LogP contribution in [0, 0.1) is 11.8 Å². The van der Waals surface area contributed by atoms with E-state index in [1.165, 1.54) is 4.90 Å². The van der Waals surface area contributed by atoms with Crippen molar-refractivity contribution in [1.29, 1.82) is 0 Å². The summed E-state index contributed by atoms with van der Waals surface area (Å²) in [5.74, 6) is 0.631. The highest BCUT2D eigenvalue weighted by atomic mass is 16.5. The van der Waals surface area contributed by atoms with Crippen LogP contribution in [0.4, 0.5) is 5.69 Å². The van der Waals surface area contributed by atoms with E-state index in [0.717, 1.165) is 32.2 Å². The van der Waals surface area contributed by atoms with Gasteiger partial charge in [-0.1, -0.05) is 0 Å². The van der Waals surface area contributed by atoms with E-state index in [1.54, 1.807) is 38.4 Å². The van der Waals surface area contributed by atoms with Crippen LogP contribution < -0.4 is 10.1 Å². The van der Waals surface area contributed by atoms with Gasteiger partial charge in [-0.05, 0) is 49.9 Å². The third-order valence-corrected chi connectivity index (χ3v) is 5.01. The molecule has 1 heterocycles. The van der Waals surface area contributed by atoms with Crippen LogP contribution in [0.3, 0.4) is 0 Å². The minimum atomic E-state index is -0.171. The maximum Gasteiger partial charge on any atom is 0.259 e. The molecule has 3 amide bonds. The molecule has 146 valence electrons. The van der Waals surface area contributed by atoms with Crippen LogP contribution in [0.5, 0.6) is 5.75 Å². The summed E-state index contributed by atoms with van der Waals surface area (Å²) in [6.45, 7) is 1.25. The average Bonchev–Trinajstić information content (AvgIpc) is 3.52. The summed E-state index contributed by atoms with van der Waals surface area (Å²) in [5.41, 5.74) is 0.678. The van der Waals surface area contributed by atoms with Gasteiger partial charge in [-0.25, -0.2) is 0 Å². The second-order valence-corrected chi connectivity index (χ2v) is 7.49. The number of rotatable bonds is 6. The van der Waals surface area contributed by atoms with Crippen LogP contribution in [0.1, 0.15) is 25.7 Å². The van der Waals surface area contributed by atoms with Crippen molar-refractivity contribution in [3.05, 3.63) is 24.3 Å². The Morgan fingerprint density at radius 3 is 2.44 bits per heavy atom. The first kappa shape index (κ1) is 19.2. The van der Waals surface area contributed by atoms with E-state index in [0.29, 0.717) is 18.0 Å². The van der Waals surface area contributed by atoms with Crippen molar-refractivity contribution in [2.45, 2.75) is 25.7 Å². The molecule has 2 fully saturated rings. The van der Waals surface area contributed by atoms with E-state index in [4.69, 9.17) is 4.74 Å². The summed E-state index contributed by atoms with van der Waals surface area (Å²) in [6, 6.07) is 6.96. The van der Waals surface area contributed by atoms with E-state index in [9.17, 15) is 14.4 Å². The molecule has 0 radical (unpaired) electrons. The lowest BCUT2D eigenvalue weighted by atomic mass is 9.96. The fraction of sp³-hybridized carbons (Fsp3) is 0.550. The lowest BCUT2D eigenvalue weighted by molar-refractivity contribution is -0.136. The minimum absolute atomic E-state index is 0.0222. The number of anilines is 1. The molecule has 27 heavy (non-hydrogen) atoms. The van der Waals surface area contributed by atoms with Crippen molar-refractivity contribution in [2.75, 3.05) is 39.1 Å². The lowest BCUT2D eigenvalue weighted by Crippen LogP contribution is -2.44. The molecule has 0 unspecified atom stereocenters. The summed E-state index contributed by atoms with van der Waals surface area (Å²) in [6.07, 6.45) is 3.64. The predicted molar refractivity (Wildman–Crippen MR) is 101 cm³/mol. The van der Waals surface area contributed by atoms with Gasteiger partial charge in [0.05, 0.1) is 5.92 Å². The molecular formula is C20H27N3O4. The fourth-order valence-electron chi connectivity index (χ4n) is 3.13. The molecule has 1 aromatic carbocycles. The molecule has 1 aliphatic carbocycles. The Labute approximate surface area is 159 Å². The number of carbonyl (C=O) groups is 3. The molecule has 1 saturated carbocycles. The summed E-state index contributed by atoms with van der Waals surface area (Å²) in [7, 11) is 3.35. The summed E-state index contributed by atoms with van der Waals surface area (Å²) < 4.78 is 5.43.